The Morgan fingerprint density at radius 2 is 2.36 bits per heavy atom. The number of allylic oxidation sites excluding steroid dienone is 1. The van der Waals surface area contributed by atoms with Crippen LogP contribution < -0.4 is 5.32 Å². The van der Waals surface area contributed by atoms with E-state index < -0.39 is 10.0 Å². The molecular formula is C9H18N2O2S. The van der Waals surface area contributed by atoms with Crippen molar-refractivity contribution in [2.24, 2.45) is 0 Å². The van der Waals surface area contributed by atoms with E-state index in [1.807, 2.05) is 7.05 Å². The second-order valence-electron chi connectivity index (χ2n) is 3.53. The van der Waals surface area contributed by atoms with Crippen LogP contribution in [0.1, 0.15) is 12.8 Å². The molecule has 0 aromatic carbocycles. The summed E-state index contributed by atoms with van der Waals surface area (Å²) < 4.78 is 25.0. The summed E-state index contributed by atoms with van der Waals surface area (Å²) >= 11 is 0. The molecule has 1 unspecified atom stereocenters. The highest BCUT2D eigenvalue weighted by molar-refractivity contribution is 7.89. The number of rotatable bonds is 5. The second-order valence-corrected chi connectivity index (χ2v) is 5.61. The molecule has 0 spiro atoms. The Bertz CT molecular complexity index is 287. The number of likely N-dealkylation sites (N-methyl/N-ethyl adjacent to an activating group) is 1. The number of sulfonamides is 1. The van der Waals surface area contributed by atoms with E-state index in [1.54, 1.807) is 10.4 Å². The molecule has 0 amide bonds. The van der Waals surface area contributed by atoms with Crippen LogP contribution in [0, 0.1) is 0 Å². The molecule has 1 N–H and O–H groups in total. The van der Waals surface area contributed by atoms with Crippen molar-refractivity contribution in [2.45, 2.75) is 18.9 Å². The molecule has 1 aliphatic rings. The third-order valence-electron chi connectivity index (χ3n) is 2.53. The number of hydrogen-bond acceptors (Lipinski definition) is 3. The summed E-state index contributed by atoms with van der Waals surface area (Å²) in [5.74, 6) is 0.187. The van der Waals surface area contributed by atoms with Gasteiger partial charge in [0.05, 0.1) is 5.75 Å². The highest BCUT2D eigenvalue weighted by Crippen LogP contribution is 2.14. The first-order valence-electron chi connectivity index (χ1n) is 4.86. The summed E-state index contributed by atoms with van der Waals surface area (Å²) in [6.45, 7) is 4.78. The Morgan fingerprint density at radius 3 is 2.86 bits per heavy atom. The van der Waals surface area contributed by atoms with Crippen molar-refractivity contribution < 1.29 is 8.42 Å². The first-order valence-corrected chi connectivity index (χ1v) is 6.47. The van der Waals surface area contributed by atoms with Gasteiger partial charge in [0.15, 0.2) is 0 Å². The summed E-state index contributed by atoms with van der Waals surface area (Å²) in [5, 5.41) is 3.10. The summed E-state index contributed by atoms with van der Waals surface area (Å²) in [4.78, 5) is 0. The lowest BCUT2D eigenvalue weighted by molar-refractivity contribution is 0.464. The predicted molar refractivity (Wildman–Crippen MR) is 57.6 cm³/mol. The Balaban J connectivity index is 2.52. The van der Waals surface area contributed by atoms with Crippen molar-refractivity contribution in [2.75, 3.05) is 25.9 Å². The van der Waals surface area contributed by atoms with Gasteiger partial charge in [0.2, 0.25) is 10.0 Å². The van der Waals surface area contributed by atoms with Gasteiger partial charge in [-0.3, -0.25) is 0 Å². The SMILES string of the molecule is C=CCCS(=O)(=O)N1CCC(NC)C1. The highest BCUT2D eigenvalue weighted by atomic mass is 32.2. The van der Waals surface area contributed by atoms with E-state index in [0.29, 0.717) is 25.6 Å². The van der Waals surface area contributed by atoms with Gasteiger partial charge in [0, 0.05) is 19.1 Å². The predicted octanol–water partition coefficient (Wildman–Crippen LogP) is 0.186. The second kappa shape index (κ2) is 4.91. The first-order chi connectivity index (χ1) is 6.60. The van der Waals surface area contributed by atoms with Crippen molar-refractivity contribution in [3.63, 3.8) is 0 Å². The van der Waals surface area contributed by atoms with Gasteiger partial charge >= 0.3 is 0 Å². The minimum atomic E-state index is -3.04. The molecule has 5 heteroatoms. The zero-order valence-corrected chi connectivity index (χ0v) is 9.39. The van der Waals surface area contributed by atoms with Gasteiger partial charge < -0.3 is 5.32 Å². The molecule has 82 valence electrons. The largest absolute Gasteiger partial charge is 0.316 e. The molecule has 1 atom stereocenters. The van der Waals surface area contributed by atoms with E-state index in [0.717, 1.165) is 6.42 Å². The van der Waals surface area contributed by atoms with Crippen molar-refractivity contribution in [1.82, 2.24) is 9.62 Å². The molecule has 0 radical (unpaired) electrons. The van der Waals surface area contributed by atoms with Gasteiger partial charge in [0.25, 0.3) is 0 Å². The molecule has 4 nitrogen and oxygen atoms in total. The summed E-state index contributed by atoms with van der Waals surface area (Å²) in [5.41, 5.74) is 0. The fraction of sp³-hybridized carbons (Fsp3) is 0.778. The molecule has 1 rings (SSSR count). The molecule has 0 aromatic rings. The maximum absolute atomic E-state index is 11.7. The molecule has 0 saturated carbocycles. The first kappa shape index (κ1) is 11.7. The van der Waals surface area contributed by atoms with Crippen molar-refractivity contribution >= 4 is 10.0 Å². The molecule has 1 fully saturated rings. The van der Waals surface area contributed by atoms with Crippen LogP contribution in [0.5, 0.6) is 0 Å². The fourth-order valence-corrected chi connectivity index (χ4v) is 3.09. The van der Waals surface area contributed by atoms with E-state index in [-0.39, 0.29) is 5.75 Å². The van der Waals surface area contributed by atoms with E-state index in [1.165, 1.54) is 0 Å². The van der Waals surface area contributed by atoms with E-state index in [9.17, 15) is 8.42 Å². The standard InChI is InChI=1S/C9H18N2O2S/c1-3-4-7-14(12,13)11-6-5-9(8-11)10-2/h3,9-10H,1,4-8H2,2H3. The van der Waals surface area contributed by atoms with Crippen molar-refractivity contribution in [1.29, 1.82) is 0 Å². The van der Waals surface area contributed by atoms with Crippen LogP contribution in [0.2, 0.25) is 0 Å². The summed E-state index contributed by atoms with van der Waals surface area (Å²) in [6, 6.07) is 0.313. The highest BCUT2D eigenvalue weighted by Gasteiger charge is 2.29. The van der Waals surface area contributed by atoms with E-state index in [4.69, 9.17) is 0 Å². The molecule has 0 aromatic heterocycles. The molecule has 1 heterocycles. The maximum atomic E-state index is 11.7. The van der Waals surface area contributed by atoms with Crippen LogP contribution >= 0.6 is 0 Å². The lowest BCUT2D eigenvalue weighted by atomic mass is 10.3. The van der Waals surface area contributed by atoms with E-state index in [2.05, 4.69) is 11.9 Å². The third kappa shape index (κ3) is 2.80. The molecule has 1 saturated heterocycles. The topological polar surface area (TPSA) is 49.4 Å². The smallest absolute Gasteiger partial charge is 0.214 e. The zero-order chi connectivity index (χ0) is 10.6. The maximum Gasteiger partial charge on any atom is 0.214 e. The summed E-state index contributed by atoms with van der Waals surface area (Å²) in [7, 11) is -1.18. The van der Waals surface area contributed by atoms with Crippen LogP contribution in [-0.4, -0.2) is 44.7 Å². The lowest BCUT2D eigenvalue weighted by Gasteiger charge is -2.15. The Morgan fingerprint density at radius 1 is 1.64 bits per heavy atom. The fourth-order valence-electron chi connectivity index (χ4n) is 1.58. The van der Waals surface area contributed by atoms with Gasteiger partial charge in [-0.15, -0.1) is 6.58 Å². The normalized spacial score (nSPS) is 23.9. The number of hydrogen-bond donors (Lipinski definition) is 1. The van der Waals surface area contributed by atoms with Gasteiger partial charge in [-0.25, -0.2) is 12.7 Å². The average molecular weight is 218 g/mol. The van der Waals surface area contributed by atoms with Crippen LogP contribution in [0.15, 0.2) is 12.7 Å². The third-order valence-corrected chi connectivity index (χ3v) is 4.40. The van der Waals surface area contributed by atoms with Crippen molar-refractivity contribution in [3.8, 4) is 0 Å². The number of nitrogens with one attached hydrogen (secondary N) is 1. The van der Waals surface area contributed by atoms with Crippen LogP contribution in [0.3, 0.4) is 0 Å². The van der Waals surface area contributed by atoms with Gasteiger partial charge in [0.1, 0.15) is 0 Å². The monoisotopic (exact) mass is 218 g/mol. The van der Waals surface area contributed by atoms with E-state index >= 15 is 0 Å². The quantitative estimate of drug-likeness (QED) is 0.670. The minimum Gasteiger partial charge on any atom is -0.316 e. The zero-order valence-electron chi connectivity index (χ0n) is 8.57. The van der Waals surface area contributed by atoms with Gasteiger partial charge in [-0.2, -0.15) is 0 Å². The van der Waals surface area contributed by atoms with Gasteiger partial charge in [-0.05, 0) is 19.9 Å². The molecule has 14 heavy (non-hydrogen) atoms. The van der Waals surface area contributed by atoms with Gasteiger partial charge in [-0.1, -0.05) is 6.08 Å². The summed E-state index contributed by atoms with van der Waals surface area (Å²) in [6.07, 6.45) is 3.08. The molecule has 0 bridgehead atoms. The average Bonchev–Trinajstić information content (AvgIpc) is 2.63. The van der Waals surface area contributed by atoms with Crippen LogP contribution in [-0.2, 0) is 10.0 Å². The Hall–Kier alpha value is -0.390. The lowest BCUT2D eigenvalue weighted by Crippen LogP contribution is -2.34. The van der Waals surface area contributed by atoms with Crippen molar-refractivity contribution in [3.05, 3.63) is 12.7 Å². The number of nitrogens with zero attached hydrogens (tertiary/aromatic N) is 1. The van der Waals surface area contributed by atoms with Crippen LogP contribution in [0.4, 0.5) is 0 Å². The van der Waals surface area contributed by atoms with Crippen LogP contribution in [0.25, 0.3) is 0 Å². The molecular weight excluding hydrogens is 200 g/mol. The Kier molecular flexibility index (Phi) is 4.10. The molecule has 1 aliphatic heterocycles. The molecule has 0 aliphatic carbocycles. The Labute approximate surface area is 86.0 Å². The minimum absolute atomic E-state index is 0.187.